The number of carbonyl (C=O) groups is 1. The van der Waals surface area contributed by atoms with Gasteiger partial charge in [0.1, 0.15) is 0 Å². The van der Waals surface area contributed by atoms with E-state index in [-0.39, 0.29) is 5.97 Å². The molecule has 1 aromatic heterocycles. The van der Waals surface area contributed by atoms with Gasteiger partial charge in [-0.25, -0.2) is 9.78 Å². The van der Waals surface area contributed by atoms with Crippen LogP contribution < -0.4 is 15.5 Å². The number of aromatic nitrogens is 1. The van der Waals surface area contributed by atoms with E-state index < -0.39 is 0 Å². The molecule has 2 N–H and O–H groups in total. The van der Waals surface area contributed by atoms with Crippen LogP contribution >= 0.6 is 11.3 Å². The minimum Gasteiger partial charge on any atom is -0.462 e. The van der Waals surface area contributed by atoms with Crippen molar-refractivity contribution < 1.29 is 9.53 Å². The van der Waals surface area contributed by atoms with E-state index in [0.29, 0.717) is 22.4 Å². The second kappa shape index (κ2) is 6.87. The second-order valence-electron chi connectivity index (χ2n) is 5.23. The maximum absolute atomic E-state index is 12.1. The third kappa shape index (κ3) is 3.39. The van der Waals surface area contributed by atoms with Crippen LogP contribution in [-0.4, -0.2) is 43.7 Å². The Morgan fingerprint density at radius 3 is 2.52 bits per heavy atom. The molecule has 7 heteroatoms. The summed E-state index contributed by atoms with van der Waals surface area (Å²) in [5, 5.41) is 0.397. The molecule has 23 heavy (non-hydrogen) atoms. The Kier molecular flexibility index (Phi) is 4.66. The Hall–Kier alpha value is -2.28. The second-order valence-corrected chi connectivity index (χ2v) is 6.27. The van der Waals surface area contributed by atoms with Crippen LogP contribution in [0.1, 0.15) is 16.6 Å². The Morgan fingerprint density at radius 1 is 1.22 bits per heavy atom. The number of piperazine rings is 1. The van der Waals surface area contributed by atoms with Crippen molar-refractivity contribution in [2.75, 3.05) is 48.3 Å². The van der Waals surface area contributed by atoms with Gasteiger partial charge in [-0.3, -0.25) is 0 Å². The van der Waals surface area contributed by atoms with Gasteiger partial charge in [0.15, 0.2) is 15.8 Å². The molecule has 2 heterocycles. The van der Waals surface area contributed by atoms with Crippen LogP contribution in [0.25, 0.3) is 0 Å². The standard InChI is InChI=1S/C16H20N4O2S/c1-2-22-15(21)13-14(18-16(17)23-13)20-10-8-19(9-11-20)12-6-4-3-5-7-12/h3-7H,2,8-11H2,1H3,(H2,17,18). The van der Waals surface area contributed by atoms with Crippen molar-refractivity contribution >= 4 is 33.9 Å². The zero-order valence-corrected chi connectivity index (χ0v) is 13.9. The topological polar surface area (TPSA) is 71.7 Å². The smallest absolute Gasteiger partial charge is 0.352 e. The maximum Gasteiger partial charge on any atom is 0.352 e. The highest BCUT2D eigenvalue weighted by atomic mass is 32.1. The molecule has 122 valence electrons. The number of esters is 1. The van der Waals surface area contributed by atoms with Gasteiger partial charge in [-0.15, -0.1) is 0 Å². The molecule has 6 nitrogen and oxygen atoms in total. The summed E-state index contributed by atoms with van der Waals surface area (Å²) >= 11 is 1.19. The largest absolute Gasteiger partial charge is 0.462 e. The summed E-state index contributed by atoms with van der Waals surface area (Å²) in [4.78, 5) is 21.3. The number of para-hydroxylation sites is 1. The van der Waals surface area contributed by atoms with Crippen molar-refractivity contribution in [1.82, 2.24) is 4.98 Å². The van der Waals surface area contributed by atoms with Crippen LogP contribution in [0.4, 0.5) is 16.6 Å². The van der Waals surface area contributed by atoms with Crippen LogP contribution in [0.15, 0.2) is 30.3 Å². The third-order valence-corrected chi connectivity index (χ3v) is 4.64. The molecule has 0 unspecified atom stereocenters. The van der Waals surface area contributed by atoms with Crippen LogP contribution in [0.2, 0.25) is 0 Å². The van der Waals surface area contributed by atoms with Crippen molar-refractivity contribution in [2.24, 2.45) is 0 Å². The van der Waals surface area contributed by atoms with Crippen LogP contribution in [0.3, 0.4) is 0 Å². The molecule has 1 aromatic carbocycles. The zero-order chi connectivity index (χ0) is 16.2. The van der Waals surface area contributed by atoms with E-state index in [1.165, 1.54) is 17.0 Å². The van der Waals surface area contributed by atoms with Crippen LogP contribution in [0, 0.1) is 0 Å². The van der Waals surface area contributed by atoms with E-state index in [1.54, 1.807) is 6.92 Å². The maximum atomic E-state index is 12.1. The molecular weight excluding hydrogens is 312 g/mol. The van der Waals surface area contributed by atoms with Gasteiger partial charge in [0.2, 0.25) is 0 Å². The Morgan fingerprint density at radius 2 is 1.87 bits per heavy atom. The molecule has 1 fully saturated rings. The first-order chi connectivity index (χ1) is 11.2. The number of hydrogen-bond acceptors (Lipinski definition) is 7. The summed E-state index contributed by atoms with van der Waals surface area (Å²) in [5.74, 6) is 0.306. The predicted octanol–water partition coefficient (Wildman–Crippen LogP) is 2.23. The molecule has 0 aliphatic carbocycles. The first-order valence-electron chi connectivity index (χ1n) is 7.67. The van der Waals surface area contributed by atoms with Gasteiger partial charge in [0, 0.05) is 31.9 Å². The highest BCUT2D eigenvalue weighted by molar-refractivity contribution is 7.17. The van der Waals surface area contributed by atoms with Gasteiger partial charge in [-0.1, -0.05) is 29.5 Å². The van der Waals surface area contributed by atoms with E-state index in [1.807, 2.05) is 18.2 Å². The van der Waals surface area contributed by atoms with E-state index in [2.05, 4.69) is 26.9 Å². The number of nitrogens with zero attached hydrogens (tertiary/aromatic N) is 3. The molecule has 3 rings (SSSR count). The molecule has 0 amide bonds. The highest BCUT2D eigenvalue weighted by Gasteiger charge is 2.26. The summed E-state index contributed by atoms with van der Waals surface area (Å²) in [6.45, 7) is 5.49. The first-order valence-corrected chi connectivity index (χ1v) is 8.49. The van der Waals surface area contributed by atoms with Gasteiger partial charge < -0.3 is 20.3 Å². The summed E-state index contributed by atoms with van der Waals surface area (Å²) in [5.41, 5.74) is 7.02. The Labute approximate surface area is 139 Å². The van der Waals surface area contributed by atoms with Gasteiger partial charge in [0.25, 0.3) is 0 Å². The van der Waals surface area contributed by atoms with Gasteiger partial charge in [-0.05, 0) is 19.1 Å². The monoisotopic (exact) mass is 332 g/mol. The lowest BCUT2D eigenvalue weighted by Crippen LogP contribution is -2.47. The number of anilines is 3. The van der Waals surface area contributed by atoms with E-state index in [9.17, 15) is 4.79 Å². The van der Waals surface area contributed by atoms with Crippen LogP contribution in [0.5, 0.6) is 0 Å². The summed E-state index contributed by atoms with van der Waals surface area (Å²) < 4.78 is 5.10. The lowest BCUT2D eigenvalue weighted by molar-refractivity contribution is 0.0532. The number of thiazole rings is 1. The lowest BCUT2D eigenvalue weighted by Gasteiger charge is -2.36. The molecule has 0 bridgehead atoms. The molecule has 0 saturated carbocycles. The SMILES string of the molecule is CCOC(=O)c1sc(N)nc1N1CCN(c2ccccc2)CC1. The predicted molar refractivity (Wildman–Crippen MR) is 93.4 cm³/mol. The average Bonchev–Trinajstić information content (AvgIpc) is 2.98. The quantitative estimate of drug-likeness (QED) is 0.866. The van der Waals surface area contributed by atoms with E-state index in [4.69, 9.17) is 10.5 Å². The van der Waals surface area contributed by atoms with Crippen molar-refractivity contribution in [3.63, 3.8) is 0 Å². The molecule has 1 aliphatic rings. The minimum atomic E-state index is -0.345. The van der Waals surface area contributed by atoms with Crippen LogP contribution in [-0.2, 0) is 4.74 Å². The molecule has 1 saturated heterocycles. The van der Waals surface area contributed by atoms with Gasteiger partial charge in [-0.2, -0.15) is 0 Å². The number of hydrogen-bond donors (Lipinski definition) is 1. The number of nitrogen functional groups attached to an aromatic ring is 1. The molecular formula is C16H20N4O2S. The molecule has 0 spiro atoms. The average molecular weight is 332 g/mol. The number of rotatable bonds is 4. The Balaban J connectivity index is 1.72. The molecule has 1 aliphatic heterocycles. The minimum absolute atomic E-state index is 0.345. The number of benzene rings is 1. The fraction of sp³-hybridized carbons (Fsp3) is 0.375. The van der Waals surface area contributed by atoms with Crippen molar-refractivity contribution in [3.8, 4) is 0 Å². The fourth-order valence-electron chi connectivity index (χ4n) is 2.69. The highest BCUT2D eigenvalue weighted by Crippen LogP contribution is 2.30. The molecule has 2 aromatic rings. The fourth-order valence-corrected chi connectivity index (χ4v) is 3.44. The van der Waals surface area contributed by atoms with Crippen molar-refractivity contribution in [3.05, 3.63) is 35.2 Å². The lowest BCUT2D eigenvalue weighted by atomic mass is 10.2. The zero-order valence-electron chi connectivity index (χ0n) is 13.1. The first kappa shape index (κ1) is 15.6. The number of nitrogens with two attached hydrogens (primary N) is 1. The number of carbonyl (C=O) groups excluding carboxylic acids is 1. The Bertz CT molecular complexity index is 666. The summed E-state index contributed by atoms with van der Waals surface area (Å²) in [6, 6.07) is 10.3. The van der Waals surface area contributed by atoms with E-state index in [0.717, 1.165) is 26.2 Å². The van der Waals surface area contributed by atoms with E-state index >= 15 is 0 Å². The summed E-state index contributed by atoms with van der Waals surface area (Å²) in [7, 11) is 0. The molecule has 0 radical (unpaired) electrons. The van der Waals surface area contributed by atoms with Crippen molar-refractivity contribution in [2.45, 2.75) is 6.92 Å². The third-order valence-electron chi connectivity index (χ3n) is 3.79. The summed E-state index contributed by atoms with van der Waals surface area (Å²) in [6.07, 6.45) is 0. The normalized spacial score (nSPS) is 14.8. The van der Waals surface area contributed by atoms with Gasteiger partial charge >= 0.3 is 5.97 Å². The van der Waals surface area contributed by atoms with Gasteiger partial charge in [0.05, 0.1) is 6.61 Å². The van der Waals surface area contributed by atoms with Crippen molar-refractivity contribution in [1.29, 1.82) is 0 Å². The number of ether oxygens (including phenoxy) is 1. The molecule has 0 atom stereocenters.